The van der Waals surface area contributed by atoms with Crippen molar-refractivity contribution in [3.05, 3.63) is 63.3 Å². The molecule has 104 valence electrons. The summed E-state index contributed by atoms with van der Waals surface area (Å²) < 4.78 is 1.57. The summed E-state index contributed by atoms with van der Waals surface area (Å²) in [6.07, 6.45) is 3.47. The monoisotopic (exact) mass is 272 g/mol. The number of nitrogens with zero attached hydrogens (tertiary/aromatic N) is 3. The van der Waals surface area contributed by atoms with Gasteiger partial charge in [0, 0.05) is 18.1 Å². The zero-order valence-electron chi connectivity index (χ0n) is 11.4. The van der Waals surface area contributed by atoms with E-state index in [4.69, 9.17) is 10.9 Å². The molecule has 2 aromatic rings. The average molecular weight is 272 g/mol. The van der Waals surface area contributed by atoms with Gasteiger partial charge in [0.05, 0.1) is 12.1 Å². The Morgan fingerprint density at radius 1 is 1.40 bits per heavy atom. The van der Waals surface area contributed by atoms with Gasteiger partial charge in [0.1, 0.15) is 0 Å². The summed E-state index contributed by atoms with van der Waals surface area (Å²) in [5.41, 5.74) is 8.14. The standard InChI is InChI=1S/C14H16N4O2/c1-9-5-11(7-16-6-9)8-18-10(2)3-4-12(14(18)19)13(15)17-20/h3-7,20H,8H2,1-2H3,(H2,15,17). The van der Waals surface area contributed by atoms with Crippen molar-refractivity contribution in [2.75, 3.05) is 0 Å². The number of oxime groups is 1. The molecular weight excluding hydrogens is 256 g/mol. The molecule has 6 nitrogen and oxygen atoms in total. The Balaban J connectivity index is 2.49. The molecule has 0 amide bonds. The maximum Gasteiger partial charge on any atom is 0.262 e. The minimum absolute atomic E-state index is 0.179. The summed E-state index contributed by atoms with van der Waals surface area (Å²) in [6, 6.07) is 5.28. The molecule has 0 radical (unpaired) electrons. The van der Waals surface area contributed by atoms with Gasteiger partial charge in [-0.25, -0.2) is 0 Å². The SMILES string of the molecule is Cc1cncc(Cn2c(C)ccc(/C(N)=N/O)c2=O)c1. The molecule has 0 saturated carbocycles. The zero-order valence-corrected chi connectivity index (χ0v) is 11.4. The third kappa shape index (κ3) is 2.69. The van der Waals surface area contributed by atoms with E-state index >= 15 is 0 Å². The third-order valence-corrected chi connectivity index (χ3v) is 3.05. The third-order valence-electron chi connectivity index (χ3n) is 3.05. The van der Waals surface area contributed by atoms with E-state index in [1.54, 1.807) is 29.1 Å². The van der Waals surface area contributed by atoms with E-state index in [1.165, 1.54) is 0 Å². The molecule has 0 spiro atoms. The van der Waals surface area contributed by atoms with Crippen LogP contribution in [0.1, 0.15) is 22.4 Å². The van der Waals surface area contributed by atoms with E-state index in [0.29, 0.717) is 6.54 Å². The van der Waals surface area contributed by atoms with Crippen LogP contribution in [0, 0.1) is 13.8 Å². The number of nitrogens with two attached hydrogens (primary N) is 1. The summed E-state index contributed by atoms with van der Waals surface area (Å²) in [6.45, 7) is 4.17. The molecule has 2 aromatic heterocycles. The van der Waals surface area contributed by atoms with Crippen LogP contribution in [0.25, 0.3) is 0 Å². The lowest BCUT2D eigenvalue weighted by molar-refractivity contribution is 0.318. The maximum absolute atomic E-state index is 12.4. The second kappa shape index (κ2) is 5.56. The Morgan fingerprint density at radius 3 is 2.80 bits per heavy atom. The molecule has 0 aliphatic heterocycles. The molecule has 0 saturated heterocycles. The van der Waals surface area contributed by atoms with Crippen molar-refractivity contribution in [1.82, 2.24) is 9.55 Å². The first-order valence-electron chi connectivity index (χ1n) is 6.12. The van der Waals surface area contributed by atoms with Gasteiger partial charge in [0.15, 0.2) is 5.84 Å². The number of aryl methyl sites for hydroxylation is 2. The summed E-state index contributed by atoms with van der Waals surface area (Å²) in [5, 5.41) is 11.6. The average Bonchev–Trinajstić information content (AvgIpc) is 2.43. The molecular formula is C14H16N4O2. The minimum atomic E-state index is -0.290. The molecule has 0 aliphatic carbocycles. The van der Waals surface area contributed by atoms with Gasteiger partial charge in [-0.2, -0.15) is 0 Å². The van der Waals surface area contributed by atoms with Crippen molar-refractivity contribution < 1.29 is 5.21 Å². The summed E-state index contributed by atoms with van der Waals surface area (Å²) in [7, 11) is 0. The van der Waals surface area contributed by atoms with Gasteiger partial charge in [-0.15, -0.1) is 0 Å². The normalized spacial score (nSPS) is 11.6. The van der Waals surface area contributed by atoms with E-state index in [9.17, 15) is 4.79 Å². The fraction of sp³-hybridized carbons (Fsp3) is 0.214. The molecule has 2 heterocycles. The second-order valence-electron chi connectivity index (χ2n) is 4.64. The number of rotatable bonds is 3. The highest BCUT2D eigenvalue weighted by Crippen LogP contribution is 2.06. The molecule has 0 unspecified atom stereocenters. The first-order valence-corrected chi connectivity index (χ1v) is 6.12. The summed E-state index contributed by atoms with van der Waals surface area (Å²) in [5.74, 6) is -0.189. The highest BCUT2D eigenvalue weighted by molar-refractivity contribution is 5.96. The van der Waals surface area contributed by atoms with Gasteiger partial charge in [-0.1, -0.05) is 11.2 Å². The van der Waals surface area contributed by atoms with Crippen LogP contribution in [-0.4, -0.2) is 20.6 Å². The van der Waals surface area contributed by atoms with Crippen LogP contribution in [0.4, 0.5) is 0 Å². The molecule has 3 N–H and O–H groups in total. The van der Waals surface area contributed by atoms with Crippen molar-refractivity contribution in [2.24, 2.45) is 10.9 Å². The van der Waals surface area contributed by atoms with Crippen LogP contribution < -0.4 is 11.3 Å². The Hall–Kier alpha value is -2.63. The van der Waals surface area contributed by atoms with Crippen molar-refractivity contribution in [1.29, 1.82) is 0 Å². The lowest BCUT2D eigenvalue weighted by Gasteiger charge is -2.11. The van der Waals surface area contributed by atoms with Crippen molar-refractivity contribution in [3.63, 3.8) is 0 Å². The zero-order chi connectivity index (χ0) is 14.7. The van der Waals surface area contributed by atoms with E-state index < -0.39 is 0 Å². The molecule has 0 atom stereocenters. The van der Waals surface area contributed by atoms with Gasteiger partial charge >= 0.3 is 0 Å². The van der Waals surface area contributed by atoms with Crippen molar-refractivity contribution in [2.45, 2.75) is 20.4 Å². The van der Waals surface area contributed by atoms with Crippen LogP contribution in [0.5, 0.6) is 0 Å². The predicted molar refractivity (Wildman–Crippen MR) is 76.0 cm³/mol. The van der Waals surface area contributed by atoms with Crippen LogP contribution in [0.3, 0.4) is 0 Å². The lowest BCUT2D eigenvalue weighted by Crippen LogP contribution is -2.31. The molecule has 0 fully saturated rings. The van der Waals surface area contributed by atoms with Crippen molar-refractivity contribution >= 4 is 5.84 Å². The Morgan fingerprint density at radius 2 is 2.15 bits per heavy atom. The molecule has 2 rings (SSSR count). The van der Waals surface area contributed by atoms with Gasteiger partial charge in [0.25, 0.3) is 5.56 Å². The highest BCUT2D eigenvalue weighted by atomic mass is 16.4. The molecule has 0 bridgehead atoms. The largest absolute Gasteiger partial charge is 0.409 e. The van der Waals surface area contributed by atoms with E-state index in [0.717, 1.165) is 16.8 Å². The first kappa shape index (κ1) is 13.8. The van der Waals surface area contributed by atoms with Gasteiger partial charge in [-0.3, -0.25) is 9.78 Å². The highest BCUT2D eigenvalue weighted by Gasteiger charge is 2.10. The van der Waals surface area contributed by atoms with E-state index in [-0.39, 0.29) is 17.0 Å². The Bertz CT molecular complexity index is 719. The van der Waals surface area contributed by atoms with Gasteiger partial charge < -0.3 is 15.5 Å². The maximum atomic E-state index is 12.4. The molecule has 20 heavy (non-hydrogen) atoms. The Labute approximate surface area is 116 Å². The van der Waals surface area contributed by atoms with Crippen molar-refractivity contribution in [3.8, 4) is 0 Å². The lowest BCUT2D eigenvalue weighted by atomic mass is 10.2. The van der Waals surface area contributed by atoms with E-state index in [2.05, 4.69) is 10.1 Å². The summed E-state index contributed by atoms with van der Waals surface area (Å²) >= 11 is 0. The van der Waals surface area contributed by atoms with Gasteiger partial charge in [-0.05, 0) is 37.1 Å². The van der Waals surface area contributed by atoms with Crippen LogP contribution in [0.15, 0.2) is 40.5 Å². The van der Waals surface area contributed by atoms with Crippen LogP contribution in [0.2, 0.25) is 0 Å². The number of aromatic nitrogens is 2. The smallest absolute Gasteiger partial charge is 0.262 e. The molecule has 6 heteroatoms. The fourth-order valence-electron chi connectivity index (χ4n) is 2.00. The van der Waals surface area contributed by atoms with E-state index in [1.807, 2.05) is 19.9 Å². The number of amidine groups is 1. The number of hydrogen-bond donors (Lipinski definition) is 2. The van der Waals surface area contributed by atoms with Crippen LogP contribution in [-0.2, 0) is 6.54 Å². The topological polar surface area (TPSA) is 93.5 Å². The summed E-state index contributed by atoms with van der Waals surface area (Å²) in [4.78, 5) is 16.5. The molecule has 0 aliphatic rings. The number of hydrogen-bond acceptors (Lipinski definition) is 4. The second-order valence-corrected chi connectivity index (χ2v) is 4.64. The fourth-order valence-corrected chi connectivity index (χ4v) is 2.00. The minimum Gasteiger partial charge on any atom is -0.409 e. The number of pyridine rings is 2. The molecule has 0 aromatic carbocycles. The van der Waals surface area contributed by atoms with Crippen LogP contribution >= 0.6 is 0 Å². The first-order chi connectivity index (χ1) is 9.52. The van der Waals surface area contributed by atoms with Gasteiger partial charge in [0.2, 0.25) is 0 Å². The predicted octanol–water partition coefficient (Wildman–Crippen LogP) is 1.00. The quantitative estimate of drug-likeness (QED) is 0.377. The Kier molecular flexibility index (Phi) is 3.84.